The van der Waals surface area contributed by atoms with Gasteiger partial charge in [0.15, 0.2) is 18.2 Å². The second-order valence-electron chi connectivity index (χ2n) is 10.5. The summed E-state index contributed by atoms with van der Waals surface area (Å²) < 4.78 is 44.1. The Labute approximate surface area is 235 Å². The van der Waals surface area contributed by atoms with E-state index in [2.05, 4.69) is 5.32 Å². The number of sulfonamides is 1. The van der Waals surface area contributed by atoms with Crippen molar-refractivity contribution in [1.82, 2.24) is 14.5 Å². The molecular weight excluding hydrogens is 556 g/mol. The highest BCUT2D eigenvalue weighted by atomic mass is 32.2. The van der Waals surface area contributed by atoms with Crippen molar-refractivity contribution >= 4 is 38.8 Å². The maximum absolute atomic E-state index is 13.7. The minimum atomic E-state index is -4.15. The van der Waals surface area contributed by atoms with Gasteiger partial charge in [-0.15, -0.1) is 0 Å². The molecule has 4 heterocycles. The number of fused-ring (bicyclic) bond motifs is 2. The molecule has 41 heavy (non-hydrogen) atoms. The van der Waals surface area contributed by atoms with E-state index in [1.807, 2.05) is 0 Å². The van der Waals surface area contributed by atoms with Gasteiger partial charge in [0, 0.05) is 24.1 Å². The number of pyridine rings is 1. The molecule has 3 atom stereocenters. The number of amides is 2. The predicted octanol–water partition coefficient (Wildman–Crippen LogP) is 1.58. The number of aromatic nitrogens is 1. The van der Waals surface area contributed by atoms with Gasteiger partial charge in [-0.2, -0.15) is 9.04 Å². The number of nitrogens with one attached hydrogen (secondary N) is 1. The average molecular weight is 585 g/mol. The summed E-state index contributed by atoms with van der Waals surface area (Å²) >= 11 is 0. The topological polar surface area (TPSA) is 162 Å². The Hall–Kier alpha value is -4.17. The molecule has 1 aliphatic carbocycles. The van der Waals surface area contributed by atoms with E-state index in [9.17, 15) is 28.0 Å². The van der Waals surface area contributed by atoms with Crippen LogP contribution in [0.5, 0.6) is 11.7 Å². The number of furan rings is 1. The van der Waals surface area contributed by atoms with E-state index in [1.165, 1.54) is 30.2 Å². The third kappa shape index (κ3) is 5.20. The highest BCUT2D eigenvalue weighted by Crippen LogP contribution is 2.37. The van der Waals surface area contributed by atoms with E-state index < -0.39 is 52.5 Å². The van der Waals surface area contributed by atoms with Gasteiger partial charge in [0.1, 0.15) is 28.3 Å². The van der Waals surface area contributed by atoms with E-state index in [0.717, 1.165) is 29.5 Å². The van der Waals surface area contributed by atoms with Gasteiger partial charge < -0.3 is 29.3 Å². The van der Waals surface area contributed by atoms with E-state index in [4.69, 9.17) is 13.9 Å². The highest BCUT2D eigenvalue weighted by Gasteiger charge is 2.55. The van der Waals surface area contributed by atoms with Crippen LogP contribution in [0.1, 0.15) is 25.7 Å². The first-order valence-corrected chi connectivity index (χ1v) is 14.7. The van der Waals surface area contributed by atoms with Gasteiger partial charge in [0.05, 0.1) is 19.7 Å². The summed E-state index contributed by atoms with van der Waals surface area (Å²) in [5, 5.41) is 15.0. The predicted molar refractivity (Wildman–Crippen MR) is 141 cm³/mol. The first-order valence-electron chi connectivity index (χ1n) is 13.2. The fourth-order valence-corrected chi connectivity index (χ4v) is 7.24. The van der Waals surface area contributed by atoms with Crippen LogP contribution in [0, 0.1) is 11.1 Å². The molecule has 6 rings (SSSR count). The lowest BCUT2D eigenvalue weighted by Gasteiger charge is -2.28. The molecular formula is C27H28N4O9S. The molecule has 3 fully saturated rings. The smallest absolute Gasteiger partial charge is 0.415 e. The summed E-state index contributed by atoms with van der Waals surface area (Å²) in [7, 11) is -2.62. The summed E-state index contributed by atoms with van der Waals surface area (Å²) in [5.41, 5.74) is 0.488. The first kappa shape index (κ1) is 27.0. The van der Waals surface area contributed by atoms with Crippen LogP contribution in [0.4, 0.5) is 4.79 Å². The maximum Gasteiger partial charge on any atom is 0.415 e. The quantitative estimate of drug-likeness (QED) is 0.306. The summed E-state index contributed by atoms with van der Waals surface area (Å²) in [6.45, 7) is -0.264. The number of methoxy groups -OCH3 is 1. The van der Waals surface area contributed by atoms with Crippen LogP contribution >= 0.6 is 0 Å². The normalized spacial score (nSPS) is 21.6. The zero-order valence-corrected chi connectivity index (χ0v) is 22.9. The van der Waals surface area contributed by atoms with Gasteiger partial charge in [-0.25, -0.2) is 13.2 Å². The number of hydrogen-bond acceptors (Lipinski definition) is 9. The molecule has 2 saturated heterocycles. The molecule has 1 N–H and O–H groups in total. The number of rotatable bonds is 8. The lowest BCUT2D eigenvalue weighted by molar-refractivity contribution is -0.607. The summed E-state index contributed by atoms with van der Waals surface area (Å²) in [6.07, 6.45) is 3.65. The zero-order valence-electron chi connectivity index (χ0n) is 22.1. The van der Waals surface area contributed by atoms with Gasteiger partial charge in [-0.3, -0.25) is 9.59 Å². The second-order valence-corrected chi connectivity index (χ2v) is 12.4. The minimum Gasteiger partial charge on any atom is -0.619 e. The van der Waals surface area contributed by atoms with Crippen LogP contribution in [0.2, 0.25) is 0 Å². The SMILES string of the molecule is COc1ccc2oc(OC(=O)NC(CC3CC3)C(=O)N3CCC4C3C(=O)CN4S(=O)(=O)c3ccc[n+]([O-])c3)cc2c1. The number of Topliss-reactive ketones (excluding diaryl/α,β-unsaturated/α-hetero) is 1. The van der Waals surface area contributed by atoms with E-state index in [0.29, 0.717) is 27.9 Å². The van der Waals surface area contributed by atoms with Crippen molar-refractivity contribution < 1.29 is 41.4 Å². The summed E-state index contributed by atoms with van der Waals surface area (Å²) in [5.74, 6) is -0.0914. The fourth-order valence-electron chi connectivity index (χ4n) is 5.61. The molecule has 13 nitrogen and oxygen atoms in total. The number of likely N-dealkylation sites (tertiary alicyclic amines) is 1. The lowest BCUT2D eigenvalue weighted by atomic mass is 10.1. The monoisotopic (exact) mass is 584 g/mol. The molecule has 1 saturated carbocycles. The zero-order chi connectivity index (χ0) is 28.9. The molecule has 3 aromatic rings. The van der Waals surface area contributed by atoms with Gasteiger partial charge in [-0.1, -0.05) is 12.8 Å². The lowest BCUT2D eigenvalue weighted by Crippen LogP contribution is -2.53. The molecule has 0 spiro atoms. The molecule has 1 aromatic carbocycles. The number of carbonyl (C=O) groups is 3. The molecule has 2 aromatic heterocycles. The van der Waals surface area contributed by atoms with Crippen LogP contribution in [0.3, 0.4) is 0 Å². The van der Waals surface area contributed by atoms with Crippen molar-refractivity contribution in [3.8, 4) is 11.7 Å². The Morgan fingerprint density at radius 3 is 2.76 bits per heavy atom. The largest absolute Gasteiger partial charge is 0.619 e. The molecule has 216 valence electrons. The maximum atomic E-state index is 13.7. The molecule has 0 radical (unpaired) electrons. The van der Waals surface area contributed by atoms with Crippen LogP contribution < -0.4 is 19.5 Å². The second kappa shape index (κ2) is 10.3. The Morgan fingerprint density at radius 2 is 2.02 bits per heavy atom. The van der Waals surface area contributed by atoms with Crippen molar-refractivity contribution in [2.75, 3.05) is 20.2 Å². The Morgan fingerprint density at radius 1 is 1.22 bits per heavy atom. The van der Waals surface area contributed by atoms with Crippen molar-refractivity contribution in [2.45, 2.75) is 48.7 Å². The van der Waals surface area contributed by atoms with Crippen LogP contribution in [-0.4, -0.2) is 73.7 Å². The van der Waals surface area contributed by atoms with Crippen molar-refractivity contribution in [2.24, 2.45) is 5.92 Å². The number of benzene rings is 1. The van der Waals surface area contributed by atoms with E-state index in [1.54, 1.807) is 18.2 Å². The molecule has 2 aliphatic heterocycles. The Bertz CT molecular complexity index is 1630. The molecule has 2 amide bonds. The summed E-state index contributed by atoms with van der Waals surface area (Å²) in [4.78, 5) is 40.8. The summed E-state index contributed by atoms with van der Waals surface area (Å²) in [6, 6.07) is 6.54. The molecule has 3 unspecified atom stereocenters. The molecule has 14 heteroatoms. The van der Waals surface area contributed by atoms with E-state index >= 15 is 0 Å². The number of ketones is 1. The van der Waals surface area contributed by atoms with Crippen molar-refractivity contribution in [3.05, 3.63) is 54.0 Å². The number of carbonyl (C=O) groups excluding carboxylic acids is 3. The molecule has 0 bridgehead atoms. The van der Waals surface area contributed by atoms with Gasteiger partial charge in [-0.05, 0) is 43.0 Å². The minimum absolute atomic E-state index is 0.0586. The van der Waals surface area contributed by atoms with Gasteiger partial charge >= 0.3 is 6.09 Å². The van der Waals surface area contributed by atoms with Crippen LogP contribution in [0.25, 0.3) is 11.0 Å². The Kier molecular flexibility index (Phi) is 6.82. The number of hydrogen-bond donors (Lipinski definition) is 1. The molecule has 3 aliphatic rings. The highest BCUT2D eigenvalue weighted by molar-refractivity contribution is 7.89. The number of nitrogens with zero attached hydrogens (tertiary/aromatic N) is 3. The standard InChI is InChI=1S/C27H28N4O9S/c1-38-18-6-7-23-17(12-18)13-24(39-23)40-27(34)28-20(11-16-4-5-16)26(33)30-10-8-21-25(30)22(32)15-31(21)41(36,37)19-3-2-9-29(35)14-19/h2-3,6-7,9,12-14,16,20-21,25H,4-5,8,10-11,15H2,1H3,(H,28,34). The van der Waals surface area contributed by atoms with Gasteiger partial charge in [0.25, 0.3) is 5.95 Å². The third-order valence-corrected chi connectivity index (χ3v) is 9.62. The Balaban J connectivity index is 1.17. The number of ether oxygens (including phenoxy) is 2. The fraction of sp³-hybridized carbons (Fsp3) is 0.407. The van der Waals surface area contributed by atoms with Crippen LogP contribution in [-0.2, 0) is 19.6 Å². The van der Waals surface area contributed by atoms with Crippen molar-refractivity contribution in [3.63, 3.8) is 0 Å². The van der Waals surface area contributed by atoms with Crippen molar-refractivity contribution in [1.29, 1.82) is 0 Å². The first-order chi connectivity index (χ1) is 19.6. The van der Waals surface area contributed by atoms with E-state index in [-0.39, 0.29) is 29.7 Å². The van der Waals surface area contributed by atoms with Crippen LogP contribution in [0.15, 0.2) is 58.1 Å². The average Bonchev–Trinajstić information content (AvgIpc) is 3.36. The third-order valence-electron chi connectivity index (χ3n) is 7.77. The van der Waals surface area contributed by atoms with Gasteiger partial charge in [0.2, 0.25) is 15.9 Å².